The average Bonchev–Trinajstić information content (AvgIpc) is 3.10. The van der Waals surface area contributed by atoms with Crippen molar-refractivity contribution in [3.05, 3.63) is 77.4 Å². The maximum absolute atomic E-state index is 13.0. The fraction of sp³-hybridized carbons (Fsp3) is 0.208. The average molecular weight is 419 g/mol. The summed E-state index contributed by atoms with van der Waals surface area (Å²) in [4.78, 5) is 13.8. The number of sulfonamides is 1. The van der Waals surface area contributed by atoms with Crippen LogP contribution in [0.1, 0.15) is 30.0 Å². The van der Waals surface area contributed by atoms with Crippen LogP contribution in [-0.4, -0.2) is 20.9 Å². The van der Waals surface area contributed by atoms with Gasteiger partial charge >= 0.3 is 0 Å². The summed E-state index contributed by atoms with van der Waals surface area (Å²) in [6.07, 6.45) is 2.40. The number of hydrogen-bond acceptors (Lipinski definition) is 3. The monoisotopic (exact) mass is 418 g/mol. The molecule has 1 aliphatic carbocycles. The molecule has 1 amide bonds. The van der Waals surface area contributed by atoms with Gasteiger partial charge in [0, 0.05) is 24.8 Å². The van der Waals surface area contributed by atoms with Gasteiger partial charge in [0.25, 0.3) is 10.0 Å². The van der Waals surface area contributed by atoms with Crippen molar-refractivity contribution in [2.24, 2.45) is 0 Å². The zero-order valence-electron chi connectivity index (χ0n) is 16.7. The minimum atomic E-state index is -3.72. The van der Waals surface area contributed by atoms with E-state index in [1.807, 2.05) is 30.3 Å². The molecule has 1 heterocycles. The first kappa shape index (κ1) is 18.9. The first-order valence-corrected chi connectivity index (χ1v) is 11.6. The predicted octanol–water partition coefficient (Wildman–Crippen LogP) is 4.36. The number of rotatable bonds is 3. The molecule has 0 aromatic heterocycles. The highest BCUT2D eigenvalue weighted by atomic mass is 32.2. The van der Waals surface area contributed by atoms with Crippen LogP contribution in [0.4, 0.5) is 11.4 Å². The Morgan fingerprint density at radius 2 is 1.73 bits per heavy atom. The Bertz CT molecular complexity index is 1280. The molecular weight excluding hydrogens is 396 g/mol. The number of carbonyl (C=O) groups is 1. The highest BCUT2D eigenvalue weighted by Gasteiger charge is 2.24. The Kier molecular flexibility index (Phi) is 4.40. The lowest BCUT2D eigenvalue weighted by Gasteiger charge is -2.28. The Balaban J connectivity index is 1.43. The van der Waals surface area contributed by atoms with E-state index < -0.39 is 10.0 Å². The van der Waals surface area contributed by atoms with Gasteiger partial charge in [-0.25, -0.2) is 8.42 Å². The van der Waals surface area contributed by atoms with Gasteiger partial charge in [-0.2, -0.15) is 0 Å². The molecule has 0 radical (unpaired) electrons. The van der Waals surface area contributed by atoms with E-state index >= 15 is 0 Å². The first-order chi connectivity index (χ1) is 14.4. The fourth-order valence-corrected chi connectivity index (χ4v) is 5.59. The molecule has 1 aliphatic heterocycles. The van der Waals surface area contributed by atoms with Gasteiger partial charge in [0.1, 0.15) is 0 Å². The van der Waals surface area contributed by atoms with Gasteiger partial charge in [-0.3, -0.25) is 9.52 Å². The van der Waals surface area contributed by atoms with Crippen LogP contribution < -0.4 is 9.62 Å². The zero-order valence-corrected chi connectivity index (χ0v) is 17.5. The molecule has 0 spiro atoms. The molecule has 0 unspecified atom stereocenters. The van der Waals surface area contributed by atoms with Gasteiger partial charge in [0.15, 0.2) is 0 Å². The number of benzene rings is 3. The Morgan fingerprint density at radius 3 is 2.57 bits per heavy atom. The molecule has 30 heavy (non-hydrogen) atoms. The van der Waals surface area contributed by atoms with Crippen molar-refractivity contribution in [3.8, 4) is 11.1 Å². The highest BCUT2D eigenvalue weighted by Crippen LogP contribution is 2.38. The van der Waals surface area contributed by atoms with Gasteiger partial charge < -0.3 is 4.90 Å². The van der Waals surface area contributed by atoms with Crippen LogP contribution in [0.2, 0.25) is 0 Å². The third kappa shape index (κ3) is 3.17. The largest absolute Gasteiger partial charge is 0.312 e. The van der Waals surface area contributed by atoms with Crippen molar-refractivity contribution >= 4 is 27.3 Å². The third-order valence-corrected chi connectivity index (χ3v) is 7.28. The lowest BCUT2D eigenvalue weighted by atomic mass is 10.0. The fourth-order valence-electron chi connectivity index (χ4n) is 4.49. The molecular formula is C24H22N2O3S. The molecule has 2 aliphatic rings. The normalized spacial score (nSPS) is 14.6. The standard InChI is InChI=1S/C24H22N2O3S/c1-16(27)26-12-4-6-18-15-21(9-11-24(18)26)30(28,29)25-20-8-10-23-19(14-20)13-17-5-2-3-7-22(17)23/h2-3,5,7-11,14-15,25H,4,6,12-13H2,1H3. The van der Waals surface area contributed by atoms with E-state index in [1.165, 1.54) is 18.1 Å². The number of nitrogens with zero attached hydrogens (tertiary/aromatic N) is 1. The van der Waals surface area contributed by atoms with E-state index in [-0.39, 0.29) is 10.8 Å². The maximum atomic E-state index is 13.0. The number of amides is 1. The zero-order chi connectivity index (χ0) is 20.9. The summed E-state index contributed by atoms with van der Waals surface area (Å²) in [7, 11) is -3.72. The van der Waals surface area contributed by atoms with Crippen molar-refractivity contribution in [1.82, 2.24) is 0 Å². The quantitative estimate of drug-likeness (QED) is 0.538. The number of aryl methyl sites for hydroxylation is 1. The molecule has 0 bridgehead atoms. The van der Waals surface area contributed by atoms with Crippen molar-refractivity contribution in [2.45, 2.75) is 31.1 Å². The first-order valence-electron chi connectivity index (χ1n) is 10.1. The topological polar surface area (TPSA) is 66.5 Å². The van der Waals surface area contributed by atoms with Crippen molar-refractivity contribution < 1.29 is 13.2 Å². The summed E-state index contributed by atoms with van der Waals surface area (Å²) >= 11 is 0. The number of hydrogen-bond donors (Lipinski definition) is 1. The van der Waals surface area contributed by atoms with E-state index in [4.69, 9.17) is 0 Å². The second kappa shape index (κ2) is 6.99. The van der Waals surface area contributed by atoms with Crippen LogP contribution in [0.15, 0.2) is 65.6 Å². The smallest absolute Gasteiger partial charge is 0.261 e. The summed E-state index contributed by atoms with van der Waals surface area (Å²) in [5, 5.41) is 0. The minimum Gasteiger partial charge on any atom is -0.312 e. The Morgan fingerprint density at radius 1 is 0.933 bits per heavy atom. The maximum Gasteiger partial charge on any atom is 0.261 e. The number of carbonyl (C=O) groups excluding carboxylic acids is 1. The summed E-state index contributed by atoms with van der Waals surface area (Å²) in [5.74, 6) is -0.0242. The van der Waals surface area contributed by atoms with Crippen molar-refractivity contribution in [3.63, 3.8) is 0 Å². The van der Waals surface area contributed by atoms with Crippen molar-refractivity contribution in [1.29, 1.82) is 0 Å². The molecule has 6 heteroatoms. The molecule has 3 aromatic carbocycles. The van der Waals surface area contributed by atoms with Gasteiger partial charge in [0.2, 0.25) is 5.91 Å². The van der Waals surface area contributed by atoms with Crippen LogP contribution >= 0.6 is 0 Å². The molecule has 5 nitrogen and oxygen atoms in total. The minimum absolute atomic E-state index is 0.0242. The molecule has 0 saturated heterocycles. The molecule has 1 N–H and O–H groups in total. The van der Waals surface area contributed by atoms with Crippen LogP contribution in [0.25, 0.3) is 11.1 Å². The number of nitrogens with one attached hydrogen (secondary N) is 1. The van der Waals surface area contributed by atoms with Gasteiger partial charge in [-0.15, -0.1) is 0 Å². The molecule has 5 rings (SSSR count). The van der Waals surface area contributed by atoms with Gasteiger partial charge in [0.05, 0.1) is 4.90 Å². The molecule has 3 aromatic rings. The summed E-state index contributed by atoms with van der Waals surface area (Å²) in [6.45, 7) is 2.21. The Labute approximate surface area is 176 Å². The van der Waals surface area contributed by atoms with E-state index in [1.54, 1.807) is 23.1 Å². The second-order valence-electron chi connectivity index (χ2n) is 7.88. The van der Waals surface area contributed by atoms with E-state index in [2.05, 4.69) is 16.9 Å². The third-order valence-electron chi connectivity index (χ3n) is 5.91. The molecule has 0 fully saturated rings. The molecule has 0 atom stereocenters. The van der Waals surface area contributed by atoms with E-state index in [0.717, 1.165) is 41.6 Å². The van der Waals surface area contributed by atoms with E-state index in [0.29, 0.717) is 12.2 Å². The predicted molar refractivity (Wildman–Crippen MR) is 118 cm³/mol. The van der Waals surface area contributed by atoms with Crippen LogP contribution in [0.5, 0.6) is 0 Å². The number of fused-ring (bicyclic) bond motifs is 4. The summed E-state index contributed by atoms with van der Waals surface area (Å²) in [6, 6.07) is 19.0. The second-order valence-corrected chi connectivity index (χ2v) is 9.56. The van der Waals surface area contributed by atoms with Gasteiger partial charge in [-0.1, -0.05) is 30.3 Å². The van der Waals surface area contributed by atoms with Gasteiger partial charge in [-0.05, 0) is 77.4 Å². The van der Waals surface area contributed by atoms with Crippen LogP contribution in [0, 0.1) is 0 Å². The highest BCUT2D eigenvalue weighted by molar-refractivity contribution is 7.92. The van der Waals surface area contributed by atoms with Crippen molar-refractivity contribution in [2.75, 3.05) is 16.2 Å². The lowest BCUT2D eigenvalue weighted by molar-refractivity contribution is -0.116. The molecule has 0 saturated carbocycles. The summed E-state index contributed by atoms with van der Waals surface area (Å²) < 4.78 is 28.8. The van der Waals surface area contributed by atoms with Crippen LogP contribution in [0.3, 0.4) is 0 Å². The Hall–Kier alpha value is -3.12. The van der Waals surface area contributed by atoms with E-state index in [9.17, 15) is 13.2 Å². The SMILES string of the molecule is CC(=O)N1CCCc2cc(S(=O)(=O)Nc3ccc4c(c3)Cc3ccccc3-4)ccc21. The molecule has 152 valence electrons. The van der Waals surface area contributed by atoms with Crippen LogP contribution in [-0.2, 0) is 27.7 Å². The number of anilines is 2. The lowest BCUT2D eigenvalue weighted by Crippen LogP contribution is -2.33. The summed E-state index contributed by atoms with van der Waals surface area (Å²) in [5.41, 5.74) is 7.02.